The lowest BCUT2D eigenvalue weighted by atomic mass is 9.90. The van der Waals surface area contributed by atoms with Crippen molar-refractivity contribution in [2.75, 3.05) is 0 Å². The second-order valence-electron chi connectivity index (χ2n) is 5.60. The smallest absolute Gasteiger partial charge is 0.00762 e. The van der Waals surface area contributed by atoms with E-state index in [0.29, 0.717) is 0 Å². The molecule has 0 amide bonds. The molecule has 3 aromatic rings. The van der Waals surface area contributed by atoms with Crippen LogP contribution in [0.15, 0.2) is 84.9 Å². The summed E-state index contributed by atoms with van der Waals surface area (Å²) in [4.78, 5) is 0. The predicted molar refractivity (Wildman–Crippen MR) is 130 cm³/mol. The van der Waals surface area contributed by atoms with Gasteiger partial charge in [0.2, 0.25) is 0 Å². The molecule has 0 atom stereocenters. The first-order valence-electron chi connectivity index (χ1n) is 10.6. The van der Waals surface area contributed by atoms with Gasteiger partial charge in [0.1, 0.15) is 0 Å². The van der Waals surface area contributed by atoms with Crippen LogP contribution in [0.1, 0.15) is 70.7 Å². The molecule has 0 bridgehead atoms. The highest BCUT2D eigenvalue weighted by atomic mass is 14.1. The van der Waals surface area contributed by atoms with E-state index in [1.54, 1.807) is 0 Å². The number of hydrogen-bond donors (Lipinski definition) is 0. The Hall–Kier alpha value is -2.60. The van der Waals surface area contributed by atoms with Crippen LogP contribution in [0.3, 0.4) is 0 Å². The third kappa shape index (κ3) is 7.56. The number of hydrogen-bond acceptors (Lipinski definition) is 0. The number of benzene rings is 3. The van der Waals surface area contributed by atoms with E-state index in [2.05, 4.69) is 98.8 Å². The highest BCUT2D eigenvalue weighted by molar-refractivity contribution is 5.97. The molecule has 3 rings (SSSR count). The maximum Gasteiger partial charge on any atom is -0.00762 e. The average Bonchev–Trinajstić information content (AvgIpc) is 2.80. The number of rotatable bonds is 3. The molecule has 0 heterocycles. The standard InChI is InChI=1S/C22H20.3C2H6/c1-17-13-15-21(16-14-17)22(20-11-7-4-8-12-20)18(2)19-9-5-3-6-10-19;3*1-2/h3-16H,1-2H3;3*1-2H3/b22-18-;;;. The highest BCUT2D eigenvalue weighted by Gasteiger charge is 2.10. The van der Waals surface area contributed by atoms with Crippen LogP contribution in [0.2, 0.25) is 0 Å². The molecule has 0 radical (unpaired) electrons. The molecule has 3 aromatic carbocycles. The van der Waals surface area contributed by atoms with Gasteiger partial charge in [-0.05, 0) is 41.7 Å². The largest absolute Gasteiger partial charge is 0.0683 e. The van der Waals surface area contributed by atoms with Crippen LogP contribution in [0.5, 0.6) is 0 Å². The van der Waals surface area contributed by atoms with Crippen molar-refractivity contribution in [3.63, 3.8) is 0 Å². The molecule has 28 heavy (non-hydrogen) atoms. The summed E-state index contributed by atoms with van der Waals surface area (Å²) in [6.45, 7) is 16.3. The minimum Gasteiger partial charge on any atom is -0.0683 e. The van der Waals surface area contributed by atoms with Gasteiger partial charge in [-0.3, -0.25) is 0 Å². The van der Waals surface area contributed by atoms with Crippen molar-refractivity contribution in [3.05, 3.63) is 107 Å². The fourth-order valence-corrected chi connectivity index (χ4v) is 2.76. The monoisotopic (exact) mass is 374 g/mol. The van der Waals surface area contributed by atoms with Gasteiger partial charge < -0.3 is 0 Å². The lowest BCUT2D eigenvalue weighted by Gasteiger charge is -2.14. The fraction of sp³-hybridized carbons (Fsp3) is 0.286. The van der Waals surface area contributed by atoms with Crippen molar-refractivity contribution in [3.8, 4) is 0 Å². The molecular weight excluding hydrogens is 336 g/mol. The summed E-state index contributed by atoms with van der Waals surface area (Å²) in [5, 5.41) is 0. The van der Waals surface area contributed by atoms with Crippen LogP contribution in [0.4, 0.5) is 0 Å². The van der Waals surface area contributed by atoms with Crippen molar-refractivity contribution in [2.45, 2.75) is 55.4 Å². The van der Waals surface area contributed by atoms with E-state index < -0.39 is 0 Å². The zero-order valence-electron chi connectivity index (χ0n) is 19.1. The molecule has 0 N–H and O–H groups in total. The predicted octanol–water partition coefficient (Wildman–Crippen LogP) is 9.05. The SMILES string of the molecule is C/C(=C(\c1ccccc1)c1ccc(C)cc1)c1ccccc1.CC.CC.CC. The zero-order chi connectivity index (χ0) is 21.4. The fourth-order valence-electron chi connectivity index (χ4n) is 2.76. The summed E-state index contributed by atoms with van der Waals surface area (Å²) in [5.74, 6) is 0. The molecule has 0 unspecified atom stereocenters. The van der Waals surface area contributed by atoms with E-state index in [1.807, 2.05) is 41.5 Å². The van der Waals surface area contributed by atoms with Crippen LogP contribution >= 0.6 is 0 Å². The van der Waals surface area contributed by atoms with Crippen molar-refractivity contribution in [2.24, 2.45) is 0 Å². The summed E-state index contributed by atoms with van der Waals surface area (Å²) >= 11 is 0. The molecule has 0 aromatic heterocycles. The van der Waals surface area contributed by atoms with Crippen molar-refractivity contribution < 1.29 is 0 Å². The maximum absolute atomic E-state index is 2.21. The summed E-state index contributed by atoms with van der Waals surface area (Å²) < 4.78 is 0. The molecule has 0 heteroatoms. The summed E-state index contributed by atoms with van der Waals surface area (Å²) in [6, 6.07) is 30.0. The highest BCUT2D eigenvalue weighted by Crippen LogP contribution is 2.32. The van der Waals surface area contributed by atoms with E-state index in [9.17, 15) is 0 Å². The van der Waals surface area contributed by atoms with Gasteiger partial charge in [-0.1, -0.05) is 132 Å². The van der Waals surface area contributed by atoms with Gasteiger partial charge in [0, 0.05) is 0 Å². The van der Waals surface area contributed by atoms with Gasteiger partial charge in [-0.2, -0.15) is 0 Å². The van der Waals surface area contributed by atoms with Gasteiger partial charge in [0.25, 0.3) is 0 Å². The molecule has 150 valence electrons. The number of allylic oxidation sites excluding steroid dienone is 1. The molecule has 0 saturated carbocycles. The Morgan fingerprint density at radius 2 is 0.821 bits per heavy atom. The summed E-state index contributed by atoms with van der Waals surface area (Å²) in [6.07, 6.45) is 0. The lowest BCUT2D eigenvalue weighted by Crippen LogP contribution is -1.93. The Balaban J connectivity index is 0.00000111. The first-order valence-corrected chi connectivity index (χ1v) is 10.6. The first-order chi connectivity index (χ1) is 13.8. The van der Waals surface area contributed by atoms with E-state index in [1.165, 1.54) is 33.4 Å². The lowest BCUT2D eigenvalue weighted by molar-refractivity contribution is 1.44. The second-order valence-corrected chi connectivity index (χ2v) is 5.60. The van der Waals surface area contributed by atoms with Gasteiger partial charge in [0.15, 0.2) is 0 Å². The van der Waals surface area contributed by atoms with Gasteiger partial charge in [0.05, 0.1) is 0 Å². The molecule has 0 aliphatic carbocycles. The van der Waals surface area contributed by atoms with Gasteiger partial charge in [-0.25, -0.2) is 0 Å². The van der Waals surface area contributed by atoms with Crippen molar-refractivity contribution in [1.82, 2.24) is 0 Å². The van der Waals surface area contributed by atoms with E-state index in [4.69, 9.17) is 0 Å². The number of aryl methyl sites for hydroxylation is 1. The summed E-state index contributed by atoms with van der Waals surface area (Å²) in [5.41, 5.74) is 7.67. The van der Waals surface area contributed by atoms with E-state index in [0.717, 1.165) is 0 Å². The Bertz CT molecular complexity index is 763. The molecule has 0 nitrogen and oxygen atoms in total. The van der Waals surface area contributed by atoms with Gasteiger partial charge >= 0.3 is 0 Å². The zero-order valence-corrected chi connectivity index (χ0v) is 19.1. The van der Waals surface area contributed by atoms with Crippen LogP contribution in [0.25, 0.3) is 11.1 Å². The molecular formula is C28H38. The Morgan fingerprint density at radius 1 is 0.464 bits per heavy atom. The maximum atomic E-state index is 2.21. The first kappa shape index (κ1) is 25.4. The molecule has 0 aliphatic heterocycles. The van der Waals surface area contributed by atoms with Crippen LogP contribution < -0.4 is 0 Å². The third-order valence-electron chi connectivity index (χ3n) is 3.98. The van der Waals surface area contributed by atoms with Crippen LogP contribution in [-0.4, -0.2) is 0 Å². The Morgan fingerprint density at radius 3 is 1.25 bits per heavy atom. The Kier molecular flexibility index (Phi) is 14.0. The topological polar surface area (TPSA) is 0 Å². The second kappa shape index (κ2) is 15.5. The third-order valence-corrected chi connectivity index (χ3v) is 3.98. The normalized spacial score (nSPS) is 10.0. The average molecular weight is 375 g/mol. The minimum absolute atomic E-state index is 1.26. The molecule has 0 saturated heterocycles. The molecule has 0 fully saturated rings. The van der Waals surface area contributed by atoms with E-state index >= 15 is 0 Å². The van der Waals surface area contributed by atoms with Crippen LogP contribution in [0, 0.1) is 6.92 Å². The Labute approximate surface area is 174 Å². The minimum atomic E-state index is 1.26. The van der Waals surface area contributed by atoms with Crippen molar-refractivity contribution in [1.29, 1.82) is 0 Å². The quantitative estimate of drug-likeness (QED) is 0.401. The summed E-state index contributed by atoms with van der Waals surface area (Å²) in [7, 11) is 0. The molecule has 0 aliphatic rings. The van der Waals surface area contributed by atoms with Crippen molar-refractivity contribution >= 4 is 11.1 Å². The van der Waals surface area contributed by atoms with Gasteiger partial charge in [-0.15, -0.1) is 0 Å². The van der Waals surface area contributed by atoms with E-state index in [-0.39, 0.29) is 0 Å². The molecule has 0 spiro atoms. The van der Waals surface area contributed by atoms with Crippen LogP contribution in [-0.2, 0) is 0 Å².